The van der Waals surface area contributed by atoms with Crippen LogP contribution in [0.1, 0.15) is 28.8 Å². The van der Waals surface area contributed by atoms with Crippen molar-refractivity contribution >= 4 is 30.3 Å². The number of hydrogen-bond acceptors (Lipinski definition) is 7. The van der Waals surface area contributed by atoms with Crippen molar-refractivity contribution in [3.8, 4) is 17.4 Å². The highest BCUT2D eigenvalue weighted by atomic mass is 28.3. The summed E-state index contributed by atoms with van der Waals surface area (Å²) in [7, 11) is -1.18. The van der Waals surface area contributed by atoms with Crippen LogP contribution < -0.4 is 9.47 Å². The van der Waals surface area contributed by atoms with Crippen molar-refractivity contribution in [2.45, 2.75) is 56.5 Å². The topological polar surface area (TPSA) is 100.0 Å². The summed E-state index contributed by atoms with van der Waals surface area (Å²) in [4.78, 5) is 20.8. The van der Waals surface area contributed by atoms with Crippen molar-refractivity contribution in [3.63, 3.8) is 0 Å². The summed E-state index contributed by atoms with van der Waals surface area (Å²) in [5.41, 5.74) is 2.24. The number of ether oxygens (including phenoxy) is 3. The van der Waals surface area contributed by atoms with Gasteiger partial charge in [-0.3, -0.25) is 4.57 Å². The summed E-state index contributed by atoms with van der Waals surface area (Å²) in [6, 6.07) is 10.2. The lowest BCUT2D eigenvalue weighted by Crippen LogP contribution is -2.22. The first-order valence-corrected chi connectivity index (χ1v) is 17.0. The monoisotopic (exact) mass is 580 g/mol. The Balaban J connectivity index is 1.08. The normalized spacial score (nSPS) is 19.8. The van der Waals surface area contributed by atoms with Crippen LogP contribution in [-0.4, -0.2) is 50.3 Å². The summed E-state index contributed by atoms with van der Waals surface area (Å²) in [5, 5.41) is 0. The Morgan fingerprint density at radius 2 is 1.90 bits per heavy atom. The fourth-order valence-electron chi connectivity index (χ4n) is 5.28. The molecule has 0 bridgehead atoms. The van der Waals surface area contributed by atoms with Crippen LogP contribution in [-0.2, 0) is 17.6 Å². The van der Waals surface area contributed by atoms with Gasteiger partial charge in [0.2, 0.25) is 0 Å². The maximum Gasteiger partial charge on any atom is 0.416 e. The standard InChI is InChI=1S/C28H27F3N6O3Si/c1-41(2,3)9-8-38-14-37-13-34-23-26(37)32-12-33-27(23)39-16-5-7-20-17(11-16)21-22(24(21)40-20)25-35-18-6-4-15(28(29,30)31)10-19(18)36-25/h4-7,10-13,21-22,24H,8-9,14H2,1-3H3,(H,35,36). The minimum Gasteiger partial charge on any atom is -0.489 e. The van der Waals surface area contributed by atoms with E-state index in [1.165, 1.54) is 12.4 Å². The van der Waals surface area contributed by atoms with E-state index in [2.05, 4.69) is 44.6 Å². The van der Waals surface area contributed by atoms with Gasteiger partial charge in [-0.25, -0.2) is 15.0 Å². The fourth-order valence-corrected chi connectivity index (χ4v) is 6.03. The van der Waals surface area contributed by atoms with Gasteiger partial charge in [0.25, 0.3) is 5.88 Å². The Morgan fingerprint density at radius 1 is 1.05 bits per heavy atom. The Morgan fingerprint density at radius 3 is 2.71 bits per heavy atom. The van der Waals surface area contributed by atoms with Gasteiger partial charge in [-0.15, -0.1) is 0 Å². The van der Waals surface area contributed by atoms with E-state index in [1.807, 2.05) is 22.8 Å². The van der Waals surface area contributed by atoms with Gasteiger partial charge in [0, 0.05) is 26.2 Å². The molecule has 0 spiro atoms. The summed E-state index contributed by atoms with van der Waals surface area (Å²) in [6.07, 6.45) is -1.44. The molecule has 41 heavy (non-hydrogen) atoms. The van der Waals surface area contributed by atoms with Crippen molar-refractivity contribution in [1.82, 2.24) is 29.5 Å². The quantitative estimate of drug-likeness (QED) is 0.166. The van der Waals surface area contributed by atoms with Crippen LogP contribution in [0.15, 0.2) is 49.1 Å². The lowest BCUT2D eigenvalue weighted by Gasteiger charge is -2.15. The van der Waals surface area contributed by atoms with E-state index in [0.717, 1.165) is 29.5 Å². The van der Waals surface area contributed by atoms with Crippen molar-refractivity contribution in [2.24, 2.45) is 0 Å². The Bertz CT molecular complexity index is 1780. The molecule has 1 aliphatic carbocycles. The number of H-pyrrole nitrogens is 1. The van der Waals surface area contributed by atoms with Gasteiger partial charge in [0.1, 0.15) is 36.5 Å². The minimum atomic E-state index is -4.41. The van der Waals surface area contributed by atoms with Crippen LogP contribution in [0.2, 0.25) is 25.7 Å². The molecular formula is C28H27F3N6O3Si. The molecule has 0 saturated heterocycles. The third-order valence-electron chi connectivity index (χ3n) is 7.51. The average Bonchev–Trinajstić information content (AvgIpc) is 3.24. The molecule has 13 heteroatoms. The Labute approximate surface area is 233 Å². The van der Waals surface area contributed by atoms with Gasteiger partial charge in [-0.1, -0.05) is 19.6 Å². The van der Waals surface area contributed by atoms with E-state index in [-0.39, 0.29) is 17.9 Å². The molecule has 0 radical (unpaired) electrons. The van der Waals surface area contributed by atoms with Crippen molar-refractivity contribution < 1.29 is 27.4 Å². The molecule has 2 aliphatic rings. The number of aromatic nitrogens is 6. The van der Waals surface area contributed by atoms with Gasteiger partial charge < -0.3 is 19.2 Å². The highest BCUT2D eigenvalue weighted by Crippen LogP contribution is 2.63. The molecule has 212 valence electrons. The third-order valence-corrected chi connectivity index (χ3v) is 9.21. The van der Waals surface area contributed by atoms with Crippen molar-refractivity contribution in [1.29, 1.82) is 0 Å². The number of alkyl halides is 3. The molecule has 1 saturated carbocycles. The molecule has 3 atom stereocenters. The van der Waals surface area contributed by atoms with E-state index in [1.54, 1.807) is 6.33 Å². The van der Waals surface area contributed by atoms with Gasteiger partial charge in [0.05, 0.1) is 28.8 Å². The number of fused-ring (bicyclic) bond motifs is 5. The summed E-state index contributed by atoms with van der Waals surface area (Å²) in [5.74, 6) is 2.21. The third kappa shape index (κ3) is 4.82. The molecule has 4 heterocycles. The van der Waals surface area contributed by atoms with Crippen molar-refractivity contribution in [3.05, 3.63) is 66.0 Å². The molecule has 0 amide bonds. The highest BCUT2D eigenvalue weighted by Gasteiger charge is 2.61. The van der Waals surface area contributed by atoms with E-state index >= 15 is 0 Å². The Kier molecular flexibility index (Phi) is 5.87. The van der Waals surface area contributed by atoms with E-state index < -0.39 is 19.8 Å². The van der Waals surface area contributed by atoms with Crippen LogP contribution >= 0.6 is 0 Å². The molecule has 1 N–H and O–H groups in total. The zero-order chi connectivity index (χ0) is 28.5. The molecule has 3 aromatic heterocycles. The zero-order valence-corrected chi connectivity index (χ0v) is 23.6. The Hall–Kier alpha value is -3.97. The fraction of sp³-hybridized carbons (Fsp3) is 0.357. The van der Waals surface area contributed by atoms with E-state index in [4.69, 9.17) is 14.2 Å². The van der Waals surface area contributed by atoms with Crippen LogP contribution in [0, 0.1) is 0 Å². The second kappa shape index (κ2) is 9.28. The minimum absolute atomic E-state index is 0.0223. The summed E-state index contributed by atoms with van der Waals surface area (Å²) >= 11 is 0. The molecule has 9 nitrogen and oxygen atoms in total. The number of nitrogens with one attached hydrogen (secondary N) is 1. The smallest absolute Gasteiger partial charge is 0.416 e. The molecule has 1 fully saturated rings. The predicted molar refractivity (Wildman–Crippen MR) is 147 cm³/mol. The number of nitrogens with zero attached hydrogens (tertiary/aromatic N) is 5. The van der Waals surface area contributed by atoms with Crippen LogP contribution in [0.25, 0.3) is 22.2 Å². The van der Waals surface area contributed by atoms with Gasteiger partial charge in [-0.05, 0) is 42.4 Å². The summed E-state index contributed by atoms with van der Waals surface area (Å²) in [6.45, 7) is 7.96. The lowest BCUT2D eigenvalue weighted by molar-refractivity contribution is -0.137. The number of benzene rings is 2. The van der Waals surface area contributed by atoms with E-state index in [9.17, 15) is 13.2 Å². The molecule has 5 aromatic rings. The maximum atomic E-state index is 13.1. The SMILES string of the molecule is C[Si](C)(C)CCOCn1cnc2c(Oc3ccc4c(c3)C3C(O4)C3c3nc4ccc(C(F)(F)F)cc4[nH]3)ncnc21. The van der Waals surface area contributed by atoms with Crippen molar-refractivity contribution in [2.75, 3.05) is 6.61 Å². The number of imidazole rings is 2. The van der Waals surface area contributed by atoms with Gasteiger partial charge >= 0.3 is 6.18 Å². The number of hydrogen-bond donors (Lipinski definition) is 1. The molecule has 2 aromatic carbocycles. The number of halogens is 3. The number of rotatable bonds is 8. The highest BCUT2D eigenvalue weighted by molar-refractivity contribution is 6.76. The van der Waals surface area contributed by atoms with Crippen LogP contribution in [0.5, 0.6) is 17.4 Å². The van der Waals surface area contributed by atoms with Gasteiger partial charge in [-0.2, -0.15) is 18.2 Å². The average molecular weight is 581 g/mol. The second-order valence-corrected chi connectivity index (χ2v) is 17.3. The number of aromatic amines is 1. The first-order valence-electron chi connectivity index (χ1n) is 13.3. The maximum absolute atomic E-state index is 13.1. The van der Waals surface area contributed by atoms with Crippen LogP contribution in [0.3, 0.4) is 0 Å². The zero-order valence-electron chi connectivity index (χ0n) is 22.6. The van der Waals surface area contributed by atoms with E-state index in [0.29, 0.717) is 53.0 Å². The molecule has 7 rings (SSSR count). The lowest BCUT2D eigenvalue weighted by atomic mass is 10.1. The molecular weight excluding hydrogens is 553 g/mol. The summed E-state index contributed by atoms with van der Waals surface area (Å²) < 4.78 is 59.4. The largest absolute Gasteiger partial charge is 0.489 e. The van der Waals surface area contributed by atoms with Crippen LogP contribution in [0.4, 0.5) is 13.2 Å². The second-order valence-electron chi connectivity index (χ2n) is 11.7. The van der Waals surface area contributed by atoms with Gasteiger partial charge in [0.15, 0.2) is 11.2 Å². The molecule has 3 unspecified atom stereocenters. The first-order chi connectivity index (χ1) is 19.5. The molecule has 1 aliphatic heterocycles. The first kappa shape index (κ1) is 26.0. The predicted octanol–water partition coefficient (Wildman–Crippen LogP) is 6.47.